The molecule has 0 aromatic heterocycles. The number of halogens is 2. The van der Waals surface area contributed by atoms with Crippen LogP contribution < -0.4 is 9.05 Å². The lowest BCUT2D eigenvalue weighted by Gasteiger charge is -2.17. The van der Waals surface area contributed by atoms with Crippen molar-refractivity contribution in [1.82, 2.24) is 0 Å². The largest absolute Gasteiger partial charge is 0.432 e. The van der Waals surface area contributed by atoms with Crippen LogP contribution in [0.5, 0.6) is 11.5 Å². The minimum atomic E-state index is -3.36. The monoisotopic (exact) mass is 422 g/mol. The van der Waals surface area contributed by atoms with Gasteiger partial charge in [0.1, 0.15) is 11.5 Å². The molecule has 0 aliphatic heterocycles. The summed E-state index contributed by atoms with van der Waals surface area (Å²) in [6, 6.07) is 14.0. The van der Waals surface area contributed by atoms with E-state index in [1.165, 1.54) is 0 Å². The highest BCUT2D eigenvalue weighted by Crippen LogP contribution is 2.44. The van der Waals surface area contributed by atoms with E-state index in [2.05, 4.69) is 31.9 Å². The Morgan fingerprint density at radius 2 is 1.11 bits per heavy atom. The average Bonchev–Trinajstić information content (AvgIpc) is 2.34. The molecule has 0 aliphatic rings. The van der Waals surface area contributed by atoms with Gasteiger partial charge in [0.25, 0.3) is 0 Å². The fourth-order valence-corrected chi connectivity index (χ4v) is 3.13. The summed E-state index contributed by atoms with van der Waals surface area (Å²) < 4.78 is 12.5. The highest BCUT2D eigenvalue weighted by atomic mass is 79.9. The molecule has 0 bridgehead atoms. The first kappa shape index (κ1) is 15.0. The normalized spacial score (nSPS) is 11.1. The molecule has 2 aromatic carbocycles. The number of benzene rings is 2. The van der Waals surface area contributed by atoms with E-state index < -0.39 is 6.72 Å². The first-order valence-electron chi connectivity index (χ1n) is 5.18. The number of rotatable bonds is 4. The maximum absolute atomic E-state index is 10.0. The lowest BCUT2D eigenvalue weighted by molar-refractivity contribution is 0.377. The first-order valence-corrected chi connectivity index (χ1v) is 9.35. The zero-order valence-electron chi connectivity index (χ0n) is 9.49. The van der Waals surface area contributed by atoms with Gasteiger partial charge in [-0.05, 0) is 48.5 Å². The van der Waals surface area contributed by atoms with Crippen molar-refractivity contribution in [3.63, 3.8) is 0 Å². The van der Waals surface area contributed by atoms with Gasteiger partial charge in [0.05, 0.1) is 0 Å². The van der Waals surface area contributed by atoms with Crippen molar-refractivity contribution >= 4 is 50.4 Å². The second kappa shape index (κ2) is 6.37. The smallest absolute Gasteiger partial charge is 0.416 e. The van der Waals surface area contributed by atoms with Crippen molar-refractivity contribution in [2.75, 3.05) is 0 Å². The standard InChI is InChI=1S/C12H9Br2O3PS/c13-9-1-5-11(6-2-9)16-18(15,19)17-12-7-3-10(14)4-8-12/h1-8H,(H,15,19). The Kier molecular flexibility index (Phi) is 5.03. The van der Waals surface area contributed by atoms with Gasteiger partial charge in [0.15, 0.2) is 0 Å². The third kappa shape index (κ3) is 4.89. The van der Waals surface area contributed by atoms with Crippen LogP contribution in [-0.4, -0.2) is 4.89 Å². The fourth-order valence-electron chi connectivity index (χ4n) is 1.28. The number of hydrogen-bond donors (Lipinski definition) is 1. The maximum Gasteiger partial charge on any atom is 0.432 e. The van der Waals surface area contributed by atoms with E-state index >= 15 is 0 Å². The van der Waals surface area contributed by atoms with Crippen LogP contribution in [-0.2, 0) is 11.8 Å². The summed E-state index contributed by atoms with van der Waals surface area (Å²) in [5.74, 6) is 0.928. The van der Waals surface area contributed by atoms with Crippen LogP contribution in [0.2, 0.25) is 0 Å². The molecule has 0 fully saturated rings. The van der Waals surface area contributed by atoms with E-state index in [4.69, 9.17) is 20.9 Å². The highest BCUT2D eigenvalue weighted by molar-refractivity contribution is 9.10. The van der Waals surface area contributed by atoms with Crippen LogP contribution in [0.3, 0.4) is 0 Å². The molecule has 0 saturated heterocycles. The molecule has 0 amide bonds. The lowest BCUT2D eigenvalue weighted by Crippen LogP contribution is -1.99. The van der Waals surface area contributed by atoms with Crippen molar-refractivity contribution in [1.29, 1.82) is 0 Å². The molecule has 0 unspecified atom stereocenters. The first-order chi connectivity index (χ1) is 8.94. The quantitative estimate of drug-likeness (QED) is 0.711. The molecule has 2 rings (SSSR count). The molecular formula is C12H9Br2O3PS. The van der Waals surface area contributed by atoms with Gasteiger partial charge in [-0.15, -0.1) is 0 Å². The maximum atomic E-state index is 10.0. The molecule has 3 nitrogen and oxygen atoms in total. The summed E-state index contributed by atoms with van der Waals surface area (Å²) in [6.45, 7) is -3.36. The van der Waals surface area contributed by atoms with Crippen molar-refractivity contribution in [3.8, 4) is 11.5 Å². The Labute approximate surface area is 133 Å². The Bertz CT molecular complexity index is 550. The summed E-state index contributed by atoms with van der Waals surface area (Å²) in [4.78, 5) is 10.0. The zero-order chi connectivity index (χ0) is 13.9. The summed E-state index contributed by atoms with van der Waals surface area (Å²) in [5, 5.41) is 0. The fraction of sp³-hybridized carbons (Fsp3) is 0. The van der Waals surface area contributed by atoms with Crippen LogP contribution in [0, 0.1) is 0 Å². The Morgan fingerprint density at radius 1 is 0.789 bits per heavy atom. The molecule has 1 N–H and O–H groups in total. The molecular weight excluding hydrogens is 415 g/mol. The summed E-state index contributed by atoms with van der Waals surface area (Å²) in [7, 11) is 0. The van der Waals surface area contributed by atoms with Gasteiger partial charge in [0.2, 0.25) is 0 Å². The molecule has 7 heteroatoms. The predicted molar refractivity (Wildman–Crippen MR) is 86.0 cm³/mol. The summed E-state index contributed by atoms with van der Waals surface area (Å²) in [5.41, 5.74) is 0. The highest BCUT2D eigenvalue weighted by Gasteiger charge is 2.18. The van der Waals surface area contributed by atoms with Crippen molar-refractivity contribution in [2.24, 2.45) is 0 Å². The van der Waals surface area contributed by atoms with Crippen LogP contribution in [0.4, 0.5) is 0 Å². The molecule has 100 valence electrons. The molecule has 0 aliphatic carbocycles. The molecule has 0 saturated carbocycles. The third-order valence-corrected chi connectivity index (χ3v) is 4.46. The molecule has 0 spiro atoms. The van der Waals surface area contributed by atoms with E-state index in [9.17, 15) is 4.89 Å². The Morgan fingerprint density at radius 3 is 1.42 bits per heavy atom. The molecule has 19 heavy (non-hydrogen) atoms. The van der Waals surface area contributed by atoms with Crippen molar-refractivity contribution in [2.45, 2.75) is 0 Å². The zero-order valence-corrected chi connectivity index (χ0v) is 14.4. The molecule has 0 heterocycles. The third-order valence-electron chi connectivity index (χ3n) is 2.07. The van der Waals surface area contributed by atoms with E-state index in [1.54, 1.807) is 48.5 Å². The minimum Gasteiger partial charge on any atom is -0.416 e. The van der Waals surface area contributed by atoms with Crippen LogP contribution in [0.15, 0.2) is 57.5 Å². The topological polar surface area (TPSA) is 38.7 Å². The van der Waals surface area contributed by atoms with Gasteiger partial charge < -0.3 is 13.9 Å². The number of hydrogen-bond acceptors (Lipinski definition) is 3. The van der Waals surface area contributed by atoms with Gasteiger partial charge in [-0.3, -0.25) is 0 Å². The van der Waals surface area contributed by atoms with Gasteiger partial charge in [-0.2, -0.15) is 0 Å². The van der Waals surface area contributed by atoms with Gasteiger partial charge in [0, 0.05) is 20.8 Å². The summed E-state index contributed by atoms with van der Waals surface area (Å²) in [6.07, 6.45) is 0. The van der Waals surface area contributed by atoms with E-state index in [0.717, 1.165) is 8.95 Å². The van der Waals surface area contributed by atoms with E-state index in [1.807, 2.05) is 0 Å². The predicted octanol–water partition coefficient (Wildman–Crippen LogP) is 4.89. The SMILES string of the molecule is OP(=S)(Oc1ccc(Br)cc1)Oc1ccc(Br)cc1. The lowest BCUT2D eigenvalue weighted by atomic mass is 10.3. The van der Waals surface area contributed by atoms with Crippen LogP contribution in [0.25, 0.3) is 0 Å². The van der Waals surface area contributed by atoms with E-state index in [-0.39, 0.29) is 0 Å². The minimum absolute atomic E-state index is 0.464. The molecule has 2 aromatic rings. The van der Waals surface area contributed by atoms with Crippen molar-refractivity contribution < 1.29 is 13.9 Å². The van der Waals surface area contributed by atoms with Crippen LogP contribution >= 0.6 is 38.6 Å². The van der Waals surface area contributed by atoms with Gasteiger partial charge in [-0.25, -0.2) is 0 Å². The molecule has 0 atom stereocenters. The van der Waals surface area contributed by atoms with E-state index in [0.29, 0.717) is 11.5 Å². The van der Waals surface area contributed by atoms with Gasteiger partial charge >= 0.3 is 6.72 Å². The Hall–Kier alpha value is -0.390. The van der Waals surface area contributed by atoms with Gasteiger partial charge in [-0.1, -0.05) is 31.9 Å². The second-order valence-electron chi connectivity index (χ2n) is 3.56. The Balaban J connectivity index is 2.08. The van der Waals surface area contributed by atoms with Crippen LogP contribution in [0.1, 0.15) is 0 Å². The van der Waals surface area contributed by atoms with Crippen molar-refractivity contribution in [3.05, 3.63) is 57.5 Å². The molecule has 0 radical (unpaired) electrons. The average molecular weight is 424 g/mol. The summed E-state index contributed by atoms with van der Waals surface area (Å²) >= 11 is 11.6. The second-order valence-corrected chi connectivity index (χ2v) is 8.08.